The summed E-state index contributed by atoms with van der Waals surface area (Å²) in [6.07, 6.45) is 0.803. The number of nitrogens with one attached hydrogen (secondary N) is 1. The maximum atomic E-state index is 10.8. The molecule has 0 bridgehead atoms. The van der Waals surface area contributed by atoms with Gasteiger partial charge in [0.1, 0.15) is 12.9 Å². The number of aldehydes is 1. The largest absolute Gasteiger partial charge is 0.463 e. The molecule has 0 heterocycles. The first-order chi connectivity index (χ1) is 7.31. The third-order valence-corrected chi connectivity index (χ3v) is 2.02. The van der Waals surface area contributed by atoms with Crippen molar-refractivity contribution >= 4 is 12.8 Å². The van der Waals surface area contributed by atoms with E-state index in [1.165, 1.54) is 0 Å². The number of benzene rings is 1. The molecule has 1 aromatic rings. The smallest absolute Gasteiger partial charge is 0.293 e. The fourth-order valence-electron chi connectivity index (χ4n) is 1.33. The Balaban J connectivity index is 2.86. The van der Waals surface area contributed by atoms with Crippen molar-refractivity contribution in [3.63, 3.8) is 0 Å². The maximum absolute atomic E-state index is 10.8. The van der Waals surface area contributed by atoms with Crippen LogP contribution in [0.2, 0.25) is 0 Å². The van der Waals surface area contributed by atoms with Crippen LogP contribution in [0.1, 0.15) is 21.5 Å². The van der Waals surface area contributed by atoms with E-state index in [0.29, 0.717) is 18.6 Å². The van der Waals surface area contributed by atoms with E-state index in [1.54, 1.807) is 6.07 Å². The molecule has 15 heavy (non-hydrogen) atoms. The summed E-state index contributed by atoms with van der Waals surface area (Å²) in [6.45, 7) is 1.23. The van der Waals surface area contributed by atoms with Gasteiger partial charge in [-0.05, 0) is 24.2 Å². The van der Waals surface area contributed by atoms with E-state index in [4.69, 9.17) is 0 Å². The maximum Gasteiger partial charge on any atom is 0.293 e. The summed E-state index contributed by atoms with van der Waals surface area (Å²) in [7, 11) is 1.82. The van der Waals surface area contributed by atoms with Crippen LogP contribution < -0.4 is 5.32 Å². The molecule has 0 atom stereocenters. The van der Waals surface area contributed by atoms with Gasteiger partial charge in [0, 0.05) is 12.1 Å². The van der Waals surface area contributed by atoms with Crippen LogP contribution in [0, 0.1) is 0 Å². The molecular weight excluding hydrogens is 194 g/mol. The summed E-state index contributed by atoms with van der Waals surface area (Å²) < 4.78 is 4.61. The van der Waals surface area contributed by atoms with Gasteiger partial charge >= 0.3 is 0 Å². The average molecular weight is 207 g/mol. The minimum absolute atomic E-state index is 0.199. The summed E-state index contributed by atoms with van der Waals surface area (Å²) in [4.78, 5) is 20.8. The summed E-state index contributed by atoms with van der Waals surface area (Å²) in [5.74, 6) is 0. The van der Waals surface area contributed by atoms with Gasteiger partial charge < -0.3 is 10.1 Å². The summed E-state index contributed by atoms with van der Waals surface area (Å²) in [6, 6.07) is 5.41. The van der Waals surface area contributed by atoms with Gasteiger partial charge in [-0.1, -0.05) is 12.1 Å². The van der Waals surface area contributed by atoms with E-state index in [9.17, 15) is 9.59 Å². The van der Waals surface area contributed by atoms with Crippen LogP contribution in [0.4, 0.5) is 0 Å². The van der Waals surface area contributed by atoms with Crippen LogP contribution in [0.3, 0.4) is 0 Å². The zero-order chi connectivity index (χ0) is 11.1. The van der Waals surface area contributed by atoms with Crippen LogP contribution in [0.5, 0.6) is 0 Å². The predicted molar refractivity (Wildman–Crippen MR) is 55.4 cm³/mol. The average Bonchev–Trinajstić information content (AvgIpc) is 2.28. The zero-order valence-corrected chi connectivity index (χ0v) is 8.53. The minimum Gasteiger partial charge on any atom is -0.463 e. The molecule has 0 spiro atoms. The van der Waals surface area contributed by atoms with Crippen LogP contribution in [0.25, 0.3) is 0 Å². The summed E-state index contributed by atoms with van der Waals surface area (Å²) in [5, 5.41) is 2.98. The molecule has 0 saturated carbocycles. The third kappa shape index (κ3) is 3.18. The second kappa shape index (κ2) is 5.93. The molecule has 0 radical (unpaired) electrons. The van der Waals surface area contributed by atoms with E-state index < -0.39 is 0 Å². The Labute approximate surface area is 88.2 Å². The van der Waals surface area contributed by atoms with E-state index in [-0.39, 0.29) is 6.61 Å². The lowest BCUT2D eigenvalue weighted by Crippen LogP contribution is -2.08. The monoisotopic (exact) mass is 207 g/mol. The molecule has 1 aromatic carbocycles. The van der Waals surface area contributed by atoms with Crippen molar-refractivity contribution in [1.82, 2.24) is 5.32 Å². The molecule has 0 saturated heterocycles. The van der Waals surface area contributed by atoms with Crippen molar-refractivity contribution in [1.29, 1.82) is 0 Å². The Bertz CT molecular complexity index is 350. The number of ether oxygens (including phenoxy) is 1. The molecule has 0 unspecified atom stereocenters. The first-order valence-electron chi connectivity index (χ1n) is 4.58. The summed E-state index contributed by atoms with van der Waals surface area (Å²) in [5.41, 5.74) is 2.36. The highest BCUT2D eigenvalue weighted by atomic mass is 16.5. The highest BCUT2D eigenvalue weighted by molar-refractivity contribution is 5.77. The number of carbonyl (C=O) groups excluding carboxylic acids is 2. The van der Waals surface area contributed by atoms with Crippen LogP contribution in [0.15, 0.2) is 18.2 Å². The molecule has 0 fully saturated rings. The molecule has 4 heteroatoms. The first kappa shape index (κ1) is 11.4. The summed E-state index contributed by atoms with van der Waals surface area (Å²) >= 11 is 0. The van der Waals surface area contributed by atoms with Crippen molar-refractivity contribution in [3.8, 4) is 0 Å². The molecule has 4 nitrogen and oxygen atoms in total. The number of rotatable bonds is 6. The Hall–Kier alpha value is -1.68. The number of hydrogen-bond acceptors (Lipinski definition) is 4. The predicted octanol–water partition coefficient (Wildman–Crippen LogP) is 0.891. The van der Waals surface area contributed by atoms with E-state index in [1.807, 2.05) is 19.2 Å². The quantitative estimate of drug-likeness (QED) is 0.704. The Morgan fingerprint density at radius 3 is 2.80 bits per heavy atom. The van der Waals surface area contributed by atoms with Crippen LogP contribution in [-0.4, -0.2) is 19.8 Å². The Morgan fingerprint density at radius 2 is 2.20 bits per heavy atom. The Kier molecular flexibility index (Phi) is 4.50. The van der Waals surface area contributed by atoms with E-state index >= 15 is 0 Å². The van der Waals surface area contributed by atoms with Crippen molar-refractivity contribution in [3.05, 3.63) is 34.9 Å². The van der Waals surface area contributed by atoms with E-state index in [2.05, 4.69) is 10.1 Å². The number of hydrogen-bond donors (Lipinski definition) is 1. The Morgan fingerprint density at radius 1 is 1.40 bits per heavy atom. The molecule has 0 aliphatic carbocycles. The van der Waals surface area contributed by atoms with Gasteiger partial charge in [0.2, 0.25) is 0 Å². The fourth-order valence-corrected chi connectivity index (χ4v) is 1.33. The highest BCUT2D eigenvalue weighted by Crippen LogP contribution is 2.11. The zero-order valence-electron chi connectivity index (χ0n) is 8.53. The van der Waals surface area contributed by atoms with Gasteiger partial charge in [0.15, 0.2) is 0 Å². The van der Waals surface area contributed by atoms with Gasteiger partial charge in [-0.25, -0.2) is 0 Å². The number of carbonyl (C=O) groups is 2. The molecule has 0 aliphatic heterocycles. The normalized spacial score (nSPS) is 9.67. The second-order valence-electron chi connectivity index (χ2n) is 3.09. The molecule has 1 rings (SSSR count). The first-order valence-corrected chi connectivity index (χ1v) is 4.58. The lowest BCUT2D eigenvalue weighted by atomic mass is 10.1. The molecular formula is C11H13NO3. The third-order valence-electron chi connectivity index (χ3n) is 2.02. The molecule has 1 N–H and O–H groups in total. The van der Waals surface area contributed by atoms with Crippen molar-refractivity contribution in [2.75, 3.05) is 7.05 Å². The van der Waals surface area contributed by atoms with E-state index in [0.717, 1.165) is 17.4 Å². The molecule has 80 valence electrons. The van der Waals surface area contributed by atoms with Gasteiger partial charge in [0.05, 0.1) is 0 Å². The topological polar surface area (TPSA) is 55.4 Å². The molecule has 0 aromatic heterocycles. The lowest BCUT2D eigenvalue weighted by Gasteiger charge is -2.06. The van der Waals surface area contributed by atoms with Gasteiger partial charge in [-0.15, -0.1) is 0 Å². The lowest BCUT2D eigenvalue weighted by molar-refractivity contribution is -0.129. The van der Waals surface area contributed by atoms with Gasteiger partial charge in [0.25, 0.3) is 6.47 Å². The SMILES string of the molecule is CNCc1ccc(COC=O)cc1C=O. The van der Waals surface area contributed by atoms with Crippen LogP contribution in [-0.2, 0) is 22.7 Å². The fraction of sp³-hybridized carbons (Fsp3) is 0.273. The standard InChI is InChI=1S/C11H13NO3/c1-12-5-10-3-2-9(7-15-8-14)4-11(10)6-13/h2-4,6,8,12H,5,7H2,1H3. The van der Waals surface area contributed by atoms with Gasteiger partial charge in [-0.2, -0.15) is 0 Å². The van der Waals surface area contributed by atoms with Crippen molar-refractivity contribution in [2.45, 2.75) is 13.2 Å². The minimum atomic E-state index is 0.199. The van der Waals surface area contributed by atoms with Crippen molar-refractivity contribution in [2.24, 2.45) is 0 Å². The second-order valence-corrected chi connectivity index (χ2v) is 3.09. The molecule has 0 aliphatic rings. The van der Waals surface area contributed by atoms with Gasteiger partial charge in [-0.3, -0.25) is 9.59 Å². The molecule has 0 amide bonds. The van der Waals surface area contributed by atoms with Crippen molar-refractivity contribution < 1.29 is 14.3 Å². The highest BCUT2D eigenvalue weighted by Gasteiger charge is 2.02. The van der Waals surface area contributed by atoms with Crippen LogP contribution >= 0.6 is 0 Å².